The number of aromatic nitrogens is 2. The Morgan fingerprint density at radius 2 is 2.05 bits per heavy atom. The Kier molecular flexibility index (Phi) is 4.26. The summed E-state index contributed by atoms with van der Waals surface area (Å²) in [5.41, 5.74) is 0.455. The van der Waals surface area contributed by atoms with Crippen LogP contribution in [0.15, 0.2) is 41.5 Å². The van der Waals surface area contributed by atoms with Crippen molar-refractivity contribution in [3.8, 4) is 11.8 Å². The fourth-order valence-corrected chi connectivity index (χ4v) is 1.93. The summed E-state index contributed by atoms with van der Waals surface area (Å²) in [5.74, 6) is 0.548. The normalized spacial score (nSPS) is 10.5. The molecule has 0 aliphatic heterocycles. The molecule has 0 fully saturated rings. The van der Waals surface area contributed by atoms with Crippen molar-refractivity contribution in [2.24, 2.45) is 0 Å². The van der Waals surface area contributed by atoms with Crippen LogP contribution < -0.4 is 10.4 Å². The average molecular weight is 271 g/mol. The van der Waals surface area contributed by atoms with Gasteiger partial charge in [-0.1, -0.05) is 12.1 Å². The molecule has 5 nitrogen and oxygen atoms in total. The molecule has 0 radical (unpaired) electrons. The van der Waals surface area contributed by atoms with Crippen molar-refractivity contribution < 1.29 is 4.74 Å². The predicted octanol–water partition coefficient (Wildman–Crippen LogP) is 2.18. The topological polar surface area (TPSA) is 59.9 Å². The first-order valence-electron chi connectivity index (χ1n) is 6.52. The van der Waals surface area contributed by atoms with Crippen LogP contribution >= 0.6 is 0 Å². The van der Waals surface area contributed by atoms with E-state index < -0.39 is 0 Å². The molecular weight excluding hydrogens is 254 g/mol. The molecule has 0 atom stereocenters. The summed E-state index contributed by atoms with van der Waals surface area (Å²) < 4.78 is 8.84. The van der Waals surface area contributed by atoms with E-state index in [1.165, 1.54) is 0 Å². The van der Waals surface area contributed by atoms with E-state index in [-0.39, 0.29) is 11.7 Å². The molecule has 0 saturated carbocycles. The van der Waals surface area contributed by atoms with Crippen LogP contribution in [0.4, 0.5) is 0 Å². The zero-order valence-electron chi connectivity index (χ0n) is 11.6. The Labute approximate surface area is 117 Å². The van der Waals surface area contributed by atoms with Gasteiger partial charge in [0.2, 0.25) is 0 Å². The molecule has 0 aliphatic carbocycles. The van der Waals surface area contributed by atoms with Gasteiger partial charge in [-0.25, -0.2) is 4.79 Å². The number of nitrogens with zero attached hydrogens (tertiary/aromatic N) is 3. The first-order valence-corrected chi connectivity index (χ1v) is 6.52. The number of benzene rings is 1. The molecule has 0 bridgehead atoms. The Hall–Kier alpha value is -2.48. The lowest BCUT2D eigenvalue weighted by Gasteiger charge is -2.08. The van der Waals surface area contributed by atoms with Gasteiger partial charge in [0.25, 0.3) is 0 Å². The Morgan fingerprint density at radius 1 is 1.30 bits per heavy atom. The molecule has 0 aliphatic rings. The summed E-state index contributed by atoms with van der Waals surface area (Å²) in [6.45, 7) is 4.73. The molecule has 104 valence electrons. The third kappa shape index (κ3) is 2.91. The number of imidazole rings is 1. The van der Waals surface area contributed by atoms with Crippen LogP contribution in [0.25, 0.3) is 0 Å². The van der Waals surface area contributed by atoms with Gasteiger partial charge < -0.3 is 4.74 Å². The first kappa shape index (κ1) is 13.9. The lowest BCUT2D eigenvalue weighted by atomic mass is 10.2. The van der Waals surface area contributed by atoms with Gasteiger partial charge in [0.15, 0.2) is 0 Å². The van der Waals surface area contributed by atoms with E-state index in [0.717, 1.165) is 0 Å². The molecule has 5 heteroatoms. The van der Waals surface area contributed by atoms with Crippen LogP contribution in [0.2, 0.25) is 0 Å². The van der Waals surface area contributed by atoms with Crippen LogP contribution in [0.3, 0.4) is 0 Å². The lowest BCUT2D eigenvalue weighted by Crippen LogP contribution is -2.27. The largest absolute Gasteiger partial charge is 0.490 e. The first-order chi connectivity index (χ1) is 9.63. The quantitative estimate of drug-likeness (QED) is 0.837. The zero-order valence-corrected chi connectivity index (χ0v) is 11.6. The summed E-state index contributed by atoms with van der Waals surface area (Å²) in [6, 6.07) is 9.28. The minimum absolute atomic E-state index is 0.0443. The van der Waals surface area contributed by atoms with Crippen molar-refractivity contribution in [1.82, 2.24) is 9.13 Å². The second-order valence-corrected chi connectivity index (χ2v) is 4.73. The summed E-state index contributed by atoms with van der Waals surface area (Å²) >= 11 is 0. The third-order valence-electron chi connectivity index (χ3n) is 3.03. The second-order valence-electron chi connectivity index (χ2n) is 4.73. The number of nitriles is 1. The molecule has 0 spiro atoms. The van der Waals surface area contributed by atoms with Crippen LogP contribution in [0.5, 0.6) is 5.75 Å². The number of rotatable bonds is 5. The highest BCUT2D eigenvalue weighted by atomic mass is 16.5. The van der Waals surface area contributed by atoms with E-state index in [4.69, 9.17) is 10.00 Å². The van der Waals surface area contributed by atoms with Crippen molar-refractivity contribution in [1.29, 1.82) is 5.26 Å². The molecule has 2 rings (SSSR count). The number of para-hydroxylation sites is 1. The van der Waals surface area contributed by atoms with Gasteiger partial charge in [0.05, 0.1) is 12.1 Å². The van der Waals surface area contributed by atoms with E-state index in [0.29, 0.717) is 24.5 Å². The monoisotopic (exact) mass is 271 g/mol. The maximum atomic E-state index is 12.0. The van der Waals surface area contributed by atoms with E-state index >= 15 is 0 Å². The zero-order chi connectivity index (χ0) is 14.5. The molecule has 0 unspecified atom stereocenters. The van der Waals surface area contributed by atoms with Crippen LogP contribution in [-0.4, -0.2) is 15.7 Å². The highest BCUT2D eigenvalue weighted by molar-refractivity contribution is 5.42. The minimum atomic E-state index is -0.0443. The third-order valence-corrected chi connectivity index (χ3v) is 3.03. The molecule has 1 aromatic carbocycles. The summed E-state index contributed by atoms with van der Waals surface area (Å²) in [4.78, 5) is 12.0. The predicted molar refractivity (Wildman–Crippen MR) is 75.7 cm³/mol. The van der Waals surface area contributed by atoms with Crippen LogP contribution in [0.1, 0.15) is 25.5 Å². The van der Waals surface area contributed by atoms with Gasteiger partial charge in [-0.15, -0.1) is 0 Å². The average Bonchev–Trinajstić information content (AvgIpc) is 2.81. The highest BCUT2D eigenvalue weighted by Crippen LogP contribution is 2.16. The second kappa shape index (κ2) is 6.11. The van der Waals surface area contributed by atoms with Crippen molar-refractivity contribution in [2.45, 2.75) is 26.4 Å². The van der Waals surface area contributed by atoms with E-state index in [1.807, 2.05) is 19.9 Å². The van der Waals surface area contributed by atoms with Gasteiger partial charge in [0.1, 0.15) is 18.4 Å². The van der Waals surface area contributed by atoms with Crippen LogP contribution in [-0.2, 0) is 6.54 Å². The molecule has 0 amide bonds. The van der Waals surface area contributed by atoms with E-state index in [1.54, 1.807) is 39.7 Å². The van der Waals surface area contributed by atoms with Gasteiger partial charge >= 0.3 is 5.69 Å². The summed E-state index contributed by atoms with van der Waals surface area (Å²) in [7, 11) is 0. The maximum absolute atomic E-state index is 12.0. The fraction of sp³-hybridized carbons (Fsp3) is 0.333. The maximum Gasteiger partial charge on any atom is 0.328 e. The van der Waals surface area contributed by atoms with Crippen molar-refractivity contribution in [3.05, 3.63) is 52.7 Å². The van der Waals surface area contributed by atoms with Crippen LogP contribution in [0, 0.1) is 11.3 Å². The fourth-order valence-electron chi connectivity index (χ4n) is 1.93. The lowest BCUT2D eigenvalue weighted by molar-refractivity contribution is 0.294. The van der Waals surface area contributed by atoms with Gasteiger partial charge in [-0.3, -0.25) is 9.13 Å². The number of hydrogen-bond donors (Lipinski definition) is 0. The molecule has 1 heterocycles. The standard InChI is InChI=1S/C15H17N3O2/c1-12(2)18-8-7-17(15(18)19)9-10-20-14-6-4-3-5-13(14)11-16/h3-8,12H,9-10H2,1-2H3. The Bertz CT molecular complexity index is 677. The van der Waals surface area contributed by atoms with Gasteiger partial charge in [-0.2, -0.15) is 5.26 Å². The van der Waals surface area contributed by atoms with Crippen molar-refractivity contribution in [2.75, 3.05) is 6.61 Å². The molecule has 2 aromatic rings. The molecule has 0 saturated heterocycles. The van der Waals surface area contributed by atoms with Gasteiger partial charge in [0, 0.05) is 18.4 Å². The Morgan fingerprint density at radius 3 is 2.70 bits per heavy atom. The van der Waals surface area contributed by atoms with E-state index in [2.05, 4.69) is 6.07 Å². The van der Waals surface area contributed by atoms with Crippen molar-refractivity contribution in [3.63, 3.8) is 0 Å². The smallest absolute Gasteiger partial charge is 0.328 e. The summed E-state index contributed by atoms with van der Waals surface area (Å²) in [5, 5.41) is 8.95. The SMILES string of the molecule is CC(C)n1ccn(CCOc2ccccc2C#N)c1=O. The summed E-state index contributed by atoms with van der Waals surface area (Å²) in [6.07, 6.45) is 3.53. The Balaban J connectivity index is 2.00. The van der Waals surface area contributed by atoms with Crippen molar-refractivity contribution >= 4 is 0 Å². The number of hydrogen-bond acceptors (Lipinski definition) is 3. The molecule has 1 aromatic heterocycles. The minimum Gasteiger partial charge on any atom is -0.490 e. The van der Waals surface area contributed by atoms with Gasteiger partial charge in [-0.05, 0) is 26.0 Å². The molecular formula is C15H17N3O2. The van der Waals surface area contributed by atoms with E-state index in [9.17, 15) is 4.79 Å². The number of ether oxygens (including phenoxy) is 1. The highest BCUT2D eigenvalue weighted by Gasteiger charge is 2.06. The molecule has 0 N–H and O–H groups in total. The molecule has 20 heavy (non-hydrogen) atoms.